The van der Waals surface area contributed by atoms with Gasteiger partial charge in [0.2, 0.25) is 0 Å². The Hall–Kier alpha value is -2.33. The zero-order valence-electron chi connectivity index (χ0n) is 16.9. The van der Waals surface area contributed by atoms with Crippen molar-refractivity contribution in [1.82, 2.24) is 9.80 Å². The third kappa shape index (κ3) is 4.56. The molecule has 148 valence electrons. The summed E-state index contributed by atoms with van der Waals surface area (Å²) in [5, 5.41) is 0. The maximum Gasteiger partial charge on any atom is 0.253 e. The van der Waals surface area contributed by atoms with E-state index in [4.69, 9.17) is 0 Å². The molecule has 4 heteroatoms. The Morgan fingerprint density at radius 3 is 2.14 bits per heavy atom. The number of hydrogen-bond acceptors (Lipinski definition) is 3. The minimum Gasteiger partial charge on any atom is -0.368 e. The van der Waals surface area contributed by atoms with E-state index in [-0.39, 0.29) is 5.91 Å². The standard InChI is InChI=1S/C24H31N3O/c1-20-11-13-25(14-12-20)19-21-7-9-22(10-8-21)24(28)27-17-15-26(16-18-27)23-5-3-2-4-6-23/h2-10,20H,11-19H2,1H3. The lowest BCUT2D eigenvalue weighted by Gasteiger charge is -2.36. The van der Waals surface area contributed by atoms with Gasteiger partial charge in [0.05, 0.1) is 0 Å². The highest BCUT2D eigenvalue weighted by atomic mass is 16.2. The first-order chi connectivity index (χ1) is 13.7. The summed E-state index contributed by atoms with van der Waals surface area (Å²) in [6, 6.07) is 18.7. The molecule has 2 fully saturated rings. The van der Waals surface area contributed by atoms with E-state index in [0.717, 1.165) is 44.2 Å². The first-order valence-corrected chi connectivity index (χ1v) is 10.6. The molecule has 1 amide bonds. The molecular formula is C24H31N3O. The average molecular weight is 378 g/mol. The summed E-state index contributed by atoms with van der Waals surface area (Å²) < 4.78 is 0. The molecule has 4 nitrogen and oxygen atoms in total. The molecule has 2 aliphatic rings. The number of benzene rings is 2. The molecule has 2 aromatic rings. The van der Waals surface area contributed by atoms with Crippen molar-refractivity contribution in [3.8, 4) is 0 Å². The van der Waals surface area contributed by atoms with Crippen LogP contribution in [0, 0.1) is 5.92 Å². The van der Waals surface area contributed by atoms with Gasteiger partial charge in [-0.25, -0.2) is 0 Å². The molecule has 0 unspecified atom stereocenters. The maximum atomic E-state index is 12.9. The van der Waals surface area contributed by atoms with E-state index < -0.39 is 0 Å². The van der Waals surface area contributed by atoms with Gasteiger partial charge in [-0.05, 0) is 61.7 Å². The van der Waals surface area contributed by atoms with E-state index in [1.807, 2.05) is 23.1 Å². The van der Waals surface area contributed by atoms with Crippen molar-refractivity contribution < 1.29 is 4.79 Å². The fourth-order valence-corrected chi connectivity index (χ4v) is 4.22. The number of para-hydroxylation sites is 1. The van der Waals surface area contributed by atoms with Gasteiger partial charge in [0, 0.05) is 44.0 Å². The van der Waals surface area contributed by atoms with Crippen LogP contribution >= 0.6 is 0 Å². The average Bonchev–Trinajstić information content (AvgIpc) is 2.76. The molecule has 0 aromatic heterocycles. The number of rotatable bonds is 4. The lowest BCUT2D eigenvalue weighted by atomic mass is 9.99. The molecule has 0 atom stereocenters. The lowest BCUT2D eigenvalue weighted by molar-refractivity contribution is 0.0746. The topological polar surface area (TPSA) is 26.8 Å². The highest BCUT2D eigenvalue weighted by molar-refractivity contribution is 5.94. The van der Waals surface area contributed by atoms with Crippen LogP contribution in [0.5, 0.6) is 0 Å². The van der Waals surface area contributed by atoms with Gasteiger partial charge in [0.25, 0.3) is 5.91 Å². The van der Waals surface area contributed by atoms with Gasteiger partial charge in [-0.15, -0.1) is 0 Å². The van der Waals surface area contributed by atoms with Crippen LogP contribution in [-0.4, -0.2) is 55.0 Å². The molecule has 0 saturated carbocycles. The van der Waals surface area contributed by atoms with Crippen LogP contribution in [0.1, 0.15) is 35.7 Å². The molecule has 0 bridgehead atoms. The molecule has 0 N–H and O–H groups in total. The number of likely N-dealkylation sites (tertiary alicyclic amines) is 1. The molecule has 0 radical (unpaired) electrons. The van der Waals surface area contributed by atoms with Crippen molar-refractivity contribution >= 4 is 11.6 Å². The third-order valence-corrected chi connectivity index (χ3v) is 6.17. The smallest absolute Gasteiger partial charge is 0.253 e. The van der Waals surface area contributed by atoms with Crippen LogP contribution in [0.25, 0.3) is 0 Å². The molecule has 28 heavy (non-hydrogen) atoms. The van der Waals surface area contributed by atoms with Crippen molar-refractivity contribution in [1.29, 1.82) is 0 Å². The van der Waals surface area contributed by atoms with Crippen molar-refractivity contribution in [2.45, 2.75) is 26.3 Å². The zero-order chi connectivity index (χ0) is 19.3. The minimum absolute atomic E-state index is 0.158. The molecule has 2 heterocycles. The second kappa shape index (κ2) is 8.78. The molecule has 0 spiro atoms. The van der Waals surface area contributed by atoms with E-state index in [1.165, 1.54) is 37.2 Å². The second-order valence-electron chi connectivity index (χ2n) is 8.27. The quantitative estimate of drug-likeness (QED) is 0.809. The summed E-state index contributed by atoms with van der Waals surface area (Å²) in [7, 11) is 0. The Balaban J connectivity index is 1.30. The SMILES string of the molecule is CC1CCN(Cc2ccc(C(=O)N3CCN(c4ccccc4)CC3)cc2)CC1. The Labute approximate surface area is 168 Å². The third-order valence-electron chi connectivity index (χ3n) is 6.17. The van der Waals surface area contributed by atoms with E-state index >= 15 is 0 Å². The van der Waals surface area contributed by atoms with Crippen molar-refractivity contribution in [3.63, 3.8) is 0 Å². The number of hydrogen-bond donors (Lipinski definition) is 0. The van der Waals surface area contributed by atoms with Crippen LogP contribution in [-0.2, 0) is 6.54 Å². The Morgan fingerprint density at radius 2 is 1.50 bits per heavy atom. The van der Waals surface area contributed by atoms with Crippen LogP contribution in [0.15, 0.2) is 54.6 Å². The van der Waals surface area contributed by atoms with Crippen LogP contribution in [0.2, 0.25) is 0 Å². The first kappa shape index (κ1) is 19.0. The van der Waals surface area contributed by atoms with Gasteiger partial charge in [0.15, 0.2) is 0 Å². The molecule has 0 aliphatic carbocycles. The number of amides is 1. The number of piperazine rings is 1. The Morgan fingerprint density at radius 1 is 0.857 bits per heavy atom. The Kier molecular flexibility index (Phi) is 5.96. The minimum atomic E-state index is 0.158. The van der Waals surface area contributed by atoms with Gasteiger partial charge in [0.1, 0.15) is 0 Å². The molecular weight excluding hydrogens is 346 g/mol. The summed E-state index contributed by atoms with van der Waals surface area (Å²) >= 11 is 0. The molecule has 2 aromatic carbocycles. The monoisotopic (exact) mass is 377 g/mol. The predicted molar refractivity (Wildman–Crippen MR) is 115 cm³/mol. The van der Waals surface area contributed by atoms with Gasteiger partial charge < -0.3 is 9.80 Å². The lowest BCUT2D eigenvalue weighted by Crippen LogP contribution is -2.48. The van der Waals surface area contributed by atoms with Crippen molar-refractivity contribution in [3.05, 3.63) is 65.7 Å². The van der Waals surface area contributed by atoms with Crippen molar-refractivity contribution in [2.24, 2.45) is 5.92 Å². The van der Waals surface area contributed by atoms with E-state index in [9.17, 15) is 4.79 Å². The van der Waals surface area contributed by atoms with E-state index in [1.54, 1.807) is 0 Å². The number of carbonyl (C=O) groups excluding carboxylic acids is 1. The summed E-state index contributed by atoms with van der Waals surface area (Å²) in [6.07, 6.45) is 2.59. The summed E-state index contributed by atoms with van der Waals surface area (Å²) in [4.78, 5) is 19.7. The highest BCUT2D eigenvalue weighted by Crippen LogP contribution is 2.19. The maximum absolute atomic E-state index is 12.9. The highest BCUT2D eigenvalue weighted by Gasteiger charge is 2.22. The van der Waals surface area contributed by atoms with Gasteiger partial charge in [-0.3, -0.25) is 9.69 Å². The first-order valence-electron chi connectivity index (χ1n) is 10.6. The summed E-state index contributed by atoms with van der Waals surface area (Å²) in [5.41, 5.74) is 3.36. The van der Waals surface area contributed by atoms with Gasteiger partial charge in [-0.1, -0.05) is 37.3 Å². The predicted octanol–water partition coefficient (Wildman–Crippen LogP) is 3.88. The fourth-order valence-electron chi connectivity index (χ4n) is 4.22. The number of carbonyl (C=O) groups is 1. The number of piperidine rings is 1. The van der Waals surface area contributed by atoms with Gasteiger partial charge >= 0.3 is 0 Å². The van der Waals surface area contributed by atoms with Crippen molar-refractivity contribution in [2.75, 3.05) is 44.2 Å². The van der Waals surface area contributed by atoms with E-state index in [2.05, 4.69) is 53.1 Å². The second-order valence-corrected chi connectivity index (χ2v) is 8.27. The van der Waals surface area contributed by atoms with E-state index in [0.29, 0.717) is 0 Å². The Bertz CT molecular complexity index is 758. The molecule has 2 saturated heterocycles. The number of nitrogens with zero attached hydrogens (tertiary/aromatic N) is 3. The van der Waals surface area contributed by atoms with Gasteiger partial charge in [-0.2, -0.15) is 0 Å². The van der Waals surface area contributed by atoms with Crippen LogP contribution in [0.3, 0.4) is 0 Å². The largest absolute Gasteiger partial charge is 0.368 e. The normalized spacial score (nSPS) is 19.0. The summed E-state index contributed by atoms with van der Waals surface area (Å²) in [6.45, 7) is 9.06. The van der Waals surface area contributed by atoms with Crippen LogP contribution < -0.4 is 4.90 Å². The molecule has 2 aliphatic heterocycles. The molecule has 4 rings (SSSR count). The zero-order valence-corrected chi connectivity index (χ0v) is 16.9. The fraction of sp³-hybridized carbons (Fsp3) is 0.458. The van der Waals surface area contributed by atoms with Crippen LogP contribution in [0.4, 0.5) is 5.69 Å². The summed E-state index contributed by atoms with van der Waals surface area (Å²) in [5.74, 6) is 1.02. The number of anilines is 1.